The van der Waals surface area contributed by atoms with E-state index in [1.165, 1.54) is 11.9 Å². The minimum Gasteiger partial charge on any atom is -0.394 e. The van der Waals surface area contributed by atoms with Gasteiger partial charge >= 0.3 is 0 Å². The zero-order chi connectivity index (χ0) is 16.0. The van der Waals surface area contributed by atoms with Crippen molar-refractivity contribution in [1.29, 1.82) is 0 Å². The minimum atomic E-state index is -2.82. The predicted octanol–water partition coefficient (Wildman–Crippen LogP) is 0.880. The van der Waals surface area contributed by atoms with Gasteiger partial charge in [-0.05, 0) is 51.4 Å². The number of aliphatic hydroxyl groups excluding tert-OH is 1. The van der Waals surface area contributed by atoms with E-state index in [0.29, 0.717) is 18.2 Å². The highest BCUT2D eigenvalue weighted by Crippen LogP contribution is 2.27. The molecule has 2 heterocycles. The first-order valence-electron chi connectivity index (χ1n) is 8.02. The van der Waals surface area contributed by atoms with Crippen LogP contribution in [0.3, 0.4) is 0 Å². The molecule has 1 aromatic rings. The van der Waals surface area contributed by atoms with E-state index in [2.05, 4.69) is 16.1 Å². The smallest absolute Gasteiger partial charge is 0.147 e. The maximum absolute atomic E-state index is 11.1. The van der Waals surface area contributed by atoms with Crippen molar-refractivity contribution in [3.05, 3.63) is 18.0 Å². The van der Waals surface area contributed by atoms with Crippen molar-refractivity contribution in [2.75, 3.05) is 38.2 Å². The lowest BCUT2D eigenvalue weighted by atomic mass is 9.93. The van der Waals surface area contributed by atoms with Gasteiger partial charge in [-0.3, -0.25) is 4.68 Å². The molecule has 22 heavy (non-hydrogen) atoms. The van der Waals surface area contributed by atoms with E-state index in [-0.39, 0.29) is 6.61 Å². The fraction of sp³-hybridized carbons (Fsp3) is 0.800. The molecule has 1 N–H and O–H groups in total. The Labute approximate surface area is 133 Å². The van der Waals surface area contributed by atoms with Gasteiger partial charge in [-0.1, -0.05) is 0 Å². The summed E-state index contributed by atoms with van der Waals surface area (Å²) in [5, 5.41) is 13.3. The summed E-state index contributed by atoms with van der Waals surface area (Å²) in [7, 11) is -2.82. The zero-order valence-electron chi connectivity index (χ0n) is 13.3. The van der Waals surface area contributed by atoms with Crippen molar-refractivity contribution in [3.8, 4) is 0 Å². The number of aliphatic hydroxyl groups is 1. The van der Waals surface area contributed by atoms with Crippen LogP contribution in [0, 0.1) is 0 Å². The highest BCUT2D eigenvalue weighted by atomic mass is 32.2. The maximum atomic E-state index is 11.1. The number of piperidine rings is 1. The number of likely N-dealkylation sites (tertiary alicyclic amines) is 1. The van der Waals surface area contributed by atoms with Gasteiger partial charge in [-0.15, -0.1) is 0 Å². The van der Waals surface area contributed by atoms with Crippen LogP contribution in [-0.2, 0) is 16.4 Å². The third-order valence-corrected chi connectivity index (χ3v) is 5.34. The summed E-state index contributed by atoms with van der Waals surface area (Å²) in [4.78, 5) is 2.42. The average molecular weight is 329 g/mol. The van der Waals surface area contributed by atoms with Gasteiger partial charge in [0, 0.05) is 29.8 Å². The monoisotopic (exact) mass is 329 g/mol. The van der Waals surface area contributed by atoms with Gasteiger partial charge in [0.1, 0.15) is 9.84 Å². The van der Waals surface area contributed by atoms with Gasteiger partial charge in [0.05, 0.1) is 13.2 Å². The van der Waals surface area contributed by atoms with Crippen molar-refractivity contribution in [2.24, 2.45) is 0 Å². The van der Waals surface area contributed by atoms with Crippen molar-refractivity contribution >= 4 is 9.84 Å². The van der Waals surface area contributed by atoms with Crippen molar-refractivity contribution < 1.29 is 13.5 Å². The molecule has 1 aromatic heterocycles. The van der Waals surface area contributed by atoms with E-state index in [1.54, 1.807) is 0 Å². The van der Waals surface area contributed by atoms with Crippen LogP contribution in [0.1, 0.15) is 37.3 Å². The van der Waals surface area contributed by atoms with Crippen LogP contribution >= 0.6 is 0 Å². The van der Waals surface area contributed by atoms with Gasteiger partial charge in [0.25, 0.3) is 0 Å². The Morgan fingerprint density at radius 2 is 2.00 bits per heavy atom. The normalized spacial score (nSPS) is 17.9. The van der Waals surface area contributed by atoms with Crippen LogP contribution in [0.2, 0.25) is 0 Å². The SMILES string of the molecule is CS(=O)(=O)CCCCN1CCC(c2ccnn2CCO)CC1. The third kappa shape index (κ3) is 5.37. The molecule has 0 spiro atoms. The molecule has 1 aliphatic heterocycles. The number of sulfone groups is 1. The molecule has 0 amide bonds. The summed E-state index contributed by atoms with van der Waals surface area (Å²) in [6, 6.07) is 2.06. The summed E-state index contributed by atoms with van der Waals surface area (Å²) in [6.45, 7) is 3.77. The molecule has 0 saturated carbocycles. The molecule has 0 radical (unpaired) electrons. The lowest BCUT2D eigenvalue weighted by molar-refractivity contribution is 0.203. The summed E-state index contributed by atoms with van der Waals surface area (Å²) < 4.78 is 24.1. The maximum Gasteiger partial charge on any atom is 0.147 e. The second-order valence-electron chi connectivity index (χ2n) is 6.16. The first-order chi connectivity index (χ1) is 10.5. The molecule has 1 fully saturated rings. The largest absolute Gasteiger partial charge is 0.394 e. The summed E-state index contributed by atoms with van der Waals surface area (Å²) >= 11 is 0. The predicted molar refractivity (Wildman–Crippen MR) is 86.7 cm³/mol. The minimum absolute atomic E-state index is 0.119. The molecule has 0 unspecified atom stereocenters. The molecule has 1 aliphatic rings. The average Bonchev–Trinajstić information content (AvgIpc) is 2.92. The molecule has 126 valence electrons. The second kappa shape index (κ2) is 8.08. The van der Waals surface area contributed by atoms with E-state index in [1.807, 2.05) is 10.9 Å². The van der Waals surface area contributed by atoms with Gasteiger partial charge < -0.3 is 10.0 Å². The van der Waals surface area contributed by atoms with Crippen LogP contribution in [0.5, 0.6) is 0 Å². The van der Waals surface area contributed by atoms with E-state index in [9.17, 15) is 8.42 Å². The van der Waals surface area contributed by atoms with Gasteiger partial charge in [0.2, 0.25) is 0 Å². The number of aromatic nitrogens is 2. The molecule has 0 bridgehead atoms. The van der Waals surface area contributed by atoms with E-state index < -0.39 is 9.84 Å². The van der Waals surface area contributed by atoms with Gasteiger partial charge in [0.15, 0.2) is 0 Å². The molecule has 2 rings (SSSR count). The Morgan fingerprint density at radius 1 is 1.27 bits per heavy atom. The van der Waals surface area contributed by atoms with Crippen LogP contribution in [0.15, 0.2) is 12.3 Å². The van der Waals surface area contributed by atoms with Crippen LogP contribution < -0.4 is 0 Å². The van der Waals surface area contributed by atoms with Crippen LogP contribution in [0.25, 0.3) is 0 Å². The fourth-order valence-electron chi connectivity index (χ4n) is 3.12. The summed E-state index contributed by atoms with van der Waals surface area (Å²) in [5.41, 5.74) is 1.23. The highest BCUT2D eigenvalue weighted by molar-refractivity contribution is 7.90. The lowest BCUT2D eigenvalue weighted by Gasteiger charge is -2.32. The molecular formula is C15H27N3O3S. The Bertz CT molecular complexity index is 548. The molecule has 0 atom stereocenters. The van der Waals surface area contributed by atoms with E-state index in [4.69, 9.17) is 5.11 Å². The third-order valence-electron chi connectivity index (χ3n) is 4.31. The topological polar surface area (TPSA) is 75.4 Å². The molecule has 0 aromatic carbocycles. The fourth-order valence-corrected chi connectivity index (χ4v) is 3.85. The Morgan fingerprint density at radius 3 is 2.64 bits per heavy atom. The molecule has 6 nitrogen and oxygen atoms in total. The van der Waals surface area contributed by atoms with Crippen LogP contribution in [-0.4, -0.2) is 66.5 Å². The number of unbranched alkanes of at least 4 members (excludes halogenated alkanes) is 1. The lowest BCUT2D eigenvalue weighted by Crippen LogP contribution is -2.34. The Hall–Kier alpha value is -0.920. The zero-order valence-corrected chi connectivity index (χ0v) is 14.1. The molecule has 0 aliphatic carbocycles. The molecule has 7 heteroatoms. The van der Waals surface area contributed by atoms with Crippen molar-refractivity contribution in [3.63, 3.8) is 0 Å². The van der Waals surface area contributed by atoms with E-state index in [0.717, 1.165) is 45.3 Å². The van der Waals surface area contributed by atoms with Crippen LogP contribution in [0.4, 0.5) is 0 Å². The number of hydrogen-bond acceptors (Lipinski definition) is 5. The summed E-state index contributed by atoms with van der Waals surface area (Å²) in [5.74, 6) is 0.811. The second-order valence-corrected chi connectivity index (χ2v) is 8.42. The number of hydrogen-bond donors (Lipinski definition) is 1. The quantitative estimate of drug-likeness (QED) is 0.717. The molecule has 1 saturated heterocycles. The van der Waals surface area contributed by atoms with Crippen molar-refractivity contribution in [1.82, 2.24) is 14.7 Å². The highest BCUT2D eigenvalue weighted by Gasteiger charge is 2.22. The Kier molecular flexibility index (Phi) is 6.40. The molecular weight excluding hydrogens is 302 g/mol. The first-order valence-corrected chi connectivity index (χ1v) is 10.1. The standard InChI is InChI=1S/C15H27N3O3S/c1-22(20,21)13-3-2-8-17-9-5-14(6-10-17)15-4-7-16-18(15)11-12-19/h4,7,14,19H,2-3,5-6,8-13H2,1H3. The number of nitrogens with zero attached hydrogens (tertiary/aromatic N) is 3. The van der Waals surface area contributed by atoms with Gasteiger partial charge in [-0.25, -0.2) is 8.42 Å². The van der Waals surface area contributed by atoms with Gasteiger partial charge in [-0.2, -0.15) is 5.10 Å². The van der Waals surface area contributed by atoms with E-state index >= 15 is 0 Å². The Balaban J connectivity index is 1.72. The summed E-state index contributed by atoms with van der Waals surface area (Å²) in [6.07, 6.45) is 7.01. The first kappa shape index (κ1) is 17.4. The van der Waals surface area contributed by atoms with Crippen molar-refractivity contribution in [2.45, 2.75) is 38.1 Å². The number of rotatable bonds is 8.